The molecule has 2 amide bonds. The number of hydrogen-bond acceptors (Lipinski definition) is 2. The summed E-state index contributed by atoms with van der Waals surface area (Å²) < 4.78 is 0. The van der Waals surface area contributed by atoms with Crippen LogP contribution in [0.15, 0.2) is 60.7 Å². The fourth-order valence-corrected chi connectivity index (χ4v) is 3.13. The lowest BCUT2D eigenvalue weighted by molar-refractivity contribution is 0.0579. The molecular weight excluding hydrogens is 348 g/mol. The summed E-state index contributed by atoms with van der Waals surface area (Å²) in [6.07, 6.45) is 9.51. The van der Waals surface area contributed by atoms with Crippen molar-refractivity contribution in [2.75, 3.05) is 6.54 Å². The second-order valence-electron chi connectivity index (χ2n) is 7.10. The largest absolute Gasteiger partial charge is 0.272 e. The van der Waals surface area contributed by atoms with Crippen molar-refractivity contribution in [2.24, 2.45) is 0 Å². The van der Waals surface area contributed by atoms with Crippen molar-refractivity contribution in [1.82, 2.24) is 10.4 Å². The van der Waals surface area contributed by atoms with Gasteiger partial charge in [-0.2, -0.15) is 0 Å². The maximum absolute atomic E-state index is 12.9. The van der Waals surface area contributed by atoms with Crippen LogP contribution in [0, 0.1) is 0 Å². The minimum atomic E-state index is -0.260. The van der Waals surface area contributed by atoms with E-state index in [1.165, 1.54) is 43.5 Å². The van der Waals surface area contributed by atoms with Crippen molar-refractivity contribution in [3.05, 3.63) is 71.8 Å². The number of unbranched alkanes of at least 4 members (excludes halogenated alkanes) is 7. The molecule has 2 rings (SSSR count). The number of nitrogens with zero attached hydrogens (tertiary/aromatic N) is 1. The van der Waals surface area contributed by atoms with Gasteiger partial charge in [-0.1, -0.05) is 88.3 Å². The zero-order valence-corrected chi connectivity index (χ0v) is 16.9. The molecule has 150 valence electrons. The summed E-state index contributed by atoms with van der Waals surface area (Å²) in [6.45, 7) is 2.74. The van der Waals surface area contributed by atoms with Gasteiger partial charge in [0.25, 0.3) is 11.8 Å². The van der Waals surface area contributed by atoms with E-state index in [1.807, 2.05) is 36.4 Å². The predicted octanol–water partition coefficient (Wildman–Crippen LogP) is 5.61. The highest BCUT2D eigenvalue weighted by Crippen LogP contribution is 2.10. The quantitative estimate of drug-likeness (QED) is 0.406. The normalized spacial score (nSPS) is 10.5. The second-order valence-corrected chi connectivity index (χ2v) is 7.10. The van der Waals surface area contributed by atoms with E-state index in [4.69, 9.17) is 0 Å². The molecule has 0 saturated carbocycles. The Labute approximate surface area is 168 Å². The topological polar surface area (TPSA) is 49.4 Å². The highest BCUT2D eigenvalue weighted by atomic mass is 16.2. The van der Waals surface area contributed by atoms with Gasteiger partial charge in [-0.3, -0.25) is 15.0 Å². The molecule has 0 unspecified atom stereocenters. The third-order valence-corrected chi connectivity index (χ3v) is 4.77. The van der Waals surface area contributed by atoms with E-state index in [0.717, 1.165) is 12.8 Å². The van der Waals surface area contributed by atoms with Gasteiger partial charge in [0.1, 0.15) is 0 Å². The highest BCUT2D eigenvalue weighted by Gasteiger charge is 2.18. The number of benzene rings is 2. The Hall–Kier alpha value is -2.62. The van der Waals surface area contributed by atoms with Crippen LogP contribution in [0.2, 0.25) is 0 Å². The molecule has 0 atom stereocenters. The Bertz CT molecular complexity index is 701. The molecule has 0 aromatic heterocycles. The fourth-order valence-electron chi connectivity index (χ4n) is 3.13. The van der Waals surface area contributed by atoms with Crippen LogP contribution >= 0.6 is 0 Å². The lowest BCUT2D eigenvalue weighted by Crippen LogP contribution is -2.46. The molecule has 0 radical (unpaired) electrons. The van der Waals surface area contributed by atoms with Crippen molar-refractivity contribution >= 4 is 11.8 Å². The Morgan fingerprint density at radius 3 is 1.79 bits per heavy atom. The van der Waals surface area contributed by atoms with Crippen molar-refractivity contribution in [3.8, 4) is 0 Å². The van der Waals surface area contributed by atoms with E-state index in [9.17, 15) is 9.59 Å². The maximum Gasteiger partial charge on any atom is 0.272 e. The molecule has 0 fully saturated rings. The monoisotopic (exact) mass is 380 g/mol. The summed E-state index contributed by atoms with van der Waals surface area (Å²) in [5, 5.41) is 1.46. The number of carbonyl (C=O) groups excluding carboxylic acids is 2. The number of nitrogens with one attached hydrogen (secondary N) is 1. The summed E-state index contributed by atoms with van der Waals surface area (Å²) in [5.41, 5.74) is 3.92. The van der Waals surface area contributed by atoms with Crippen LogP contribution in [0.3, 0.4) is 0 Å². The summed E-state index contributed by atoms with van der Waals surface area (Å²) in [7, 11) is 0. The highest BCUT2D eigenvalue weighted by molar-refractivity contribution is 5.99. The summed E-state index contributed by atoms with van der Waals surface area (Å²) in [4.78, 5) is 25.4. The predicted molar refractivity (Wildman–Crippen MR) is 114 cm³/mol. The van der Waals surface area contributed by atoms with Crippen molar-refractivity contribution < 1.29 is 9.59 Å². The van der Waals surface area contributed by atoms with Crippen LogP contribution in [-0.2, 0) is 0 Å². The first kappa shape index (κ1) is 21.7. The zero-order chi connectivity index (χ0) is 20.0. The third-order valence-electron chi connectivity index (χ3n) is 4.77. The van der Waals surface area contributed by atoms with Crippen LogP contribution in [0.5, 0.6) is 0 Å². The van der Waals surface area contributed by atoms with E-state index in [0.29, 0.717) is 17.7 Å². The van der Waals surface area contributed by atoms with Crippen LogP contribution in [0.1, 0.15) is 79.0 Å². The first-order chi connectivity index (χ1) is 13.7. The molecule has 4 heteroatoms. The Kier molecular flexibility index (Phi) is 9.84. The second kappa shape index (κ2) is 12.7. The molecule has 4 nitrogen and oxygen atoms in total. The molecule has 0 bridgehead atoms. The Morgan fingerprint density at radius 2 is 1.21 bits per heavy atom. The molecule has 0 aliphatic rings. The zero-order valence-electron chi connectivity index (χ0n) is 16.9. The van der Waals surface area contributed by atoms with Gasteiger partial charge in [-0.15, -0.1) is 0 Å². The molecule has 0 aliphatic carbocycles. The van der Waals surface area contributed by atoms with E-state index in [1.54, 1.807) is 24.3 Å². The first-order valence-electron chi connectivity index (χ1n) is 10.5. The average Bonchev–Trinajstić information content (AvgIpc) is 2.75. The number of carbonyl (C=O) groups is 2. The van der Waals surface area contributed by atoms with Gasteiger partial charge in [-0.05, 0) is 30.7 Å². The Morgan fingerprint density at radius 1 is 0.714 bits per heavy atom. The fraction of sp³-hybridized carbons (Fsp3) is 0.417. The van der Waals surface area contributed by atoms with Gasteiger partial charge in [-0.25, -0.2) is 5.01 Å². The molecule has 1 N–H and O–H groups in total. The van der Waals surface area contributed by atoms with Crippen LogP contribution < -0.4 is 5.43 Å². The number of amides is 2. The minimum Gasteiger partial charge on any atom is -0.267 e. The van der Waals surface area contributed by atoms with Gasteiger partial charge >= 0.3 is 0 Å². The average molecular weight is 381 g/mol. The van der Waals surface area contributed by atoms with Gasteiger partial charge in [0.05, 0.1) is 0 Å². The first-order valence-corrected chi connectivity index (χ1v) is 10.5. The molecule has 0 spiro atoms. The van der Waals surface area contributed by atoms with Crippen LogP contribution in [0.25, 0.3) is 0 Å². The molecule has 2 aromatic carbocycles. The molecule has 0 saturated heterocycles. The van der Waals surface area contributed by atoms with Crippen molar-refractivity contribution in [1.29, 1.82) is 0 Å². The van der Waals surface area contributed by atoms with Crippen LogP contribution in [0.4, 0.5) is 0 Å². The lowest BCUT2D eigenvalue weighted by atomic mass is 10.1. The smallest absolute Gasteiger partial charge is 0.267 e. The molecule has 28 heavy (non-hydrogen) atoms. The summed E-state index contributed by atoms with van der Waals surface area (Å²) in [6, 6.07) is 18.1. The van der Waals surface area contributed by atoms with Crippen LogP contribution in [-0.4, -0.2) is 23.4 Å². The lowest BCUT2D eigenvalue weighted by Gasteiger charge is -2.23. The molecular formula is C24H32N2O2. The molecule has 0 heterocycles. The third kappa shape index (κ3) is 7.55. The summed E-state index contributed by atoms with van der Waals surface area (Å²) >= 11 is 0. The van der Waals surface area contributed by atoms with E-state index in [2.05, 4.69) is 12.3 Å². The van der Waals surface area contributed by atoms with Crippen molar-refractivity contribution in [2.45, 2.75) is 58.3 Å². The standard InChI is InChI=1S/C24H32N2O2/c1-2-3-4-5-6-7-8-15-20-26(24(28)22-18-13-10-14-19-22)25-23(27)21-16-11-9-12-17-21/h9-14,16-19H,2-8,15,20H2,1H3,(H,25,27). The summed E-state index contributed by atoms with van der Waals surface area (Å²) in [5.74, 6) is -0.433. The number of hydrazine groups is 1. The minimum absolute atomic E-state index is 0.173. The van der Waals surface area contributed by atoms with Gasteiger partial charge in [0, 0.05) is 17.7 Å². The van der Waals surface area contributed by atoms with E-state index in [-0.39, 0.29) is 11.8 Å². The molecule has 2 aromatic rings. The van der Waals surface area contributed by atoms with E-state index < -0.39 is 0 Å². The van der Waals surface area contributed by atoms with Crippen molar-refractivity contribution in [3.63, 3.8) is 0 Å². The van der Waals surface area contributed by atoms with E-state index >= 15 is 0 Å². The maximum atomic E-state index is 12.9. The SMILES string of the molecule is CCCCCCCCCCN(NC(=O)c1ccccc1)C(=O)c1ccccc1. The number of rotatable bonds is 11. The molecule has 0 aliphatic heterocycles. The Balaban J connectivity index is 1.89. The van der Waals surface area contributed by atoms with Gasteiger partial charge in [0.2, 0.25) is 0 Å². The van der Waals surface area contributed by atoms with Gasteiger partial charge < -0.3 is 0 Å². The number of hydrogen-bond donors (Lipinski definition) is 1. The van der Waals surface area contributed by atoms with Gasteiger partial charge in [0.15, 0.2) is 0 Å².